The molecule has 106 valence electrons. The Morgan fingerprint density at radius 1 is 1.60 bits per heavy atom. The number of nitrogen functional groups attached to an aromatic ring is 1. The topological polar surface area (TPSA) is 123 Å². The first-order valence-electron chi connectivity index (χ1n) is 5.87. The minimum atomic E-state index is -1.23. The Labute approximate surface area is 114 Å². The van der Waals surface area contributed by atoms with Gasteiger partial charge in [0.2, 0.25) is 5.91 Å². The first kappa shape index (κ1) is 13.7. The molecule has 20 heavy (non-hydrogen) atoms. The molecule has 0 saturated heterocycles. The fourth-order valence-electron chi connectivity index (χ4n) is 1.63. The Bertz CT molecular complexity index is 617. The molecule has 0 aliphatic heterocycles. The molecule has 0 aromatic carbocycles. The number of aromatic nitrogens is 2. The molecule has 8 heteroatoms. The number of nitrogens with two attached hydrogens (primary N) is 1. The number of amides is 1. The van der Waals surface area contributed by atoms with Crippen LogP contribution < -0.4 is 11.1 Å². The second kappa shape index (κ2) is 5.47. The van der Waals surface area contributed by atoms with Crippen molar-refractivity contribution in [2.75, 3.05) is 5.73 Å². The number of hydrogen-bond donors (Lipinski definition) is 3. The van der Waals surface area contributed by atoms with E-state index >= 15 is 0 Å². The first-order valence-corrected chi connectivity index (χ1v) is 5.87. The van der Waals surface area contributed by atoms with Crippen LogP contribution in [0, 0.1) is 0 Å². The molecule has 8 nitrogen and oxygen atoms in total. The van der Waals surface area contributed by atoms with Gasteiger partial charge in [0.25, 0.3) is 0 Å². The number of rotatable bonds is 5. The van der Waals surface area contributed by atoms with Crippen molar-refractivity contribution in [3.8, 4) is 0 Å². The van der Waals surface area contributed by atoms with Gasteiger partial charge in [-0.3, -0.25) is 9.48 Å². The van der Waals surface area contributed by atoms with Crippen molar-refractivity contribution in [2.24, 2.45) is 0 Å². The highest BCUT2D eigenvalue weighted by molar-refractivity contribution is 5.91. The van der Waals surface area contributed by atoms with Crippen LogP contribution >= 0.6 is 0 Å². The van der Waals surface area contributed by atoms with Gasteiger partial charge in [0.05, 0.1) is 18.5 Å². The van der Waals surface area contributed by atoms with Gasteiger partial charge in [0.1, 0.15) is 11.8 Å². The number of carboxylic acids is 1. The van der Waals surface area contributed by atoms with E-state index in [2.05, 4.69) is 10.4 Å². The molecule has 1 atom stereocenters. The second-order valence-corrected chi connectivity index (χ2v) is 4.19. The molecule has 2 rings (SSSR count). The summed E-state index contributed by atoms with van der Waals surface area (Å²) in [4.78, 5) is 22.8. The molecule has 0 aliphatic carbocycles. The van der Waals surface area contributed by atoms with E-state index in [1.807, 2.05) is 0 Å². The maximum Gasteiger partial charge on any atom is 0.358 e. The lowest BCUT2D eigenvalue weighted by Crippen LogP contribution is -2.30. The van der Waals surface area contributed by atoms with Gasteiger partial charge in [0, 0.05) is 6.20 Å². The SMILES string of the molecule is CC(C(=O)NCc1ccco1)n1cc(N)c(C(=O)O)n1. The predicted molar refractivity (Wildman–Crippen MR) is 68.9 cm³/mol. The van der Waals surface area contributed by atoms with Crippen LogP contribution in [0.5, 0.6) is 0 Å². The van der Waals surface area contributed by atoms with Crippen molar-refractivity contribution in [2.45, 2.75) is 19.5 Å². The minimum absolute atomic E-state index is 0.0168. The highest BCUT2D eigenvalue weighted by Gasteiger charge is 2.20. The number of furan rings is 1. The van der Waals surface area contributed by atoms with E-state index in [9.17, 15) is 9.59 Å². The molecule has 0 spiro atoms. The maximum atomic E-state index is 11.9. The zero-order valence-corrected chi connectivity index (χ0v) is 10.7. The third-order valence-electron chi connectivity index (χ3n) is 2.76. The third kappa shape index (κ3) is 2.79. The lowest BCUT2D eigenvalue weighted by Gasteiger charge is -2.11. The van der Waals surface area contributed by atoms with Gasteiger partial charge in [-0.25, -0.2) is 4.79 Å². The van der Waals surface area contributed by atoms with Crippen LogP contribution in [0.2, 0.25) is 0 Å². The maximum absolute atomic E-state index is 11.9. The summed E-state index contributed by atoms with van der Waals surface area (Å²) in [5.74, 6) is -0.929. The Kier molecular flexibility index (Phi) is 3.74. The number of carbonyl (C=O) groups is 2. The third-order valence-corrected chi connectivity index (χ3v) is 2.76. The molecule has 0 radical (unpaired) electrons. The Morgan fingerprint density at radius 2 is 2.35 bits per heavy atom. The standard InChI is InChI=1S/C12H14N4O4/c1-7(11(17)14-5-8-3-2-4-20-8)16-6-9(13)10(15-16)12(18)19/h2-4,6-7H,5,13H2,1H3,(H,14,17)(H,18,19). The van der Waals surface area contributed by atoms with Crippen molar-refractivity contribution >= 4 is 17.6 Å². The average Bonchev–Trinajstić information content (AvgIpc) is 3.04. The van der Waals surface area contributed by atoms with Crippen molar-refractivity contribution in [3.63, 3.8) is 0 Å². The lowest BCUT2D eigenvalue weighted by molar-refractivity contribution is -0.124. The van der Waals surface area contributed by atoms with Crippen LogP contribution in [-0.4, -0.2) is 26.8 Å². The Morgan fingerprint density at radius 3 is 2.90 bits per heavy atom. The Balaban J connectivity index is 2.03. The lowest BCUT2D eigenvalue weighted by atomic mass is 10.3. The predicted octanol–water partition coefficient (Wildman–Crippen LogP) is 0.634. The van der Waals surface area contributed by atoms with Gasteiger partial charge in [-0.2, -0.15) is 5.10 Å². The molecule has 1 amide bonds. The van der Waals surface area contributed by atoms with E-state index in [1.54, 1.807) is 19.1 Å². The van der Waals surface area contributed by atoms with E-state index in [1.165, 1.54) is 17.1 Å². The highest BCUT2D eigenvalue weighted by atomic mass is 16.4. The molecule has 0 fully saturated rings. The molecule has 2 heterocycles. The number of anilines is 1. The van der Waals surface area contributed by atoms with Crippen LogP contribution in [0.15, 0.2) is 29.0 Å². The van der Waals surface area contributed by atoms with Crippen LogP contribution in [0.4, 0.5) is 5.69 Å². The van der Waals surface area contributed by atoms with Gasteiger partial charge < -0.3 is 20.6 Å². The molecular weight excluding hydrogens is 264 g/mol. The molecule has 0 aliphatic rings. The molecular formula is C12H14N4O4. The van der Waals surface area contributed by atoms with E-state index in [-0.39, 0.29) is 23.8 Å². The van der Waals surface area contributed by atoms with Gasteiger partial charge in [-0.05, 0) is 19.1 Å². The molecule has 0 saturated carbocycles. The van der Waals surface area contributed by atoms with Gasteiger partial charge in [-0.15, -0.1) is 0 Å². The summed E-state index contributed by atoms with van der Waals surface area (Å²) < 4.78 is 6.31. The van der Waals surface area contributed by atoms with Crippen molar-refractivity contribution < 1.29 is 19.1 Å². The summed E-state index contributed by atoms with van der Waals surface area (Å²) in [6.45, 7) is 1.84. The van der Waals surface area contributed by atoms with Crippen LogP contribution in [0.25, 0.3) is 0 Å². The van der Waals surface area contributed by atoms with E-state index in [0.717, 1.165) is 0 Å². The molecule has 4 N–H and O–H groups in total. The van der Waals surface area contributed by atoms with Crippen molar-refractivity contribution in [3.05, 3.63) is 36.0 Å². The molecule has 1 unspecified atom stereocenters. The van der Waals surface area contributed by atoms with Crippen LogP contribution in [0.3, 0.4) is 0 Å². The molecule has 0 bridgehead atoms. The number of nitrogens with one attached hydrogen (secondary N) is 1. The summed E-state index contributed by atoms with van der Waals surface area (Å²) >= 11 is 0. The van der Waals surface area contributed by atoms with Gasteiger partial charge in [-0.1, -0.05) is 0 Å². The van der Waals surface area contributed by atoms with E-state index in [4.69, 9.17) is 15.3 Å². The van der Waals surface area contributed by atoms with E-state index in [0.29, 0.717) is 5.76 Å². The summed E-state index contributed by atoms with van der Waals surface area (Å²) in [5.41, 5.74) is 5.27. The summed E-state index contributed by atoms with van der Waals surface area (Å²) in [5, 5.41) is 15.3. The molecule has 2 aromatic rings. The summed E-state index contributed by atoms with van der Waals surface area (Å²) in [6, 6.07) is 2.78. The second-order valence-electron chi connectivity index (χ2n) is 4.19. The average molecular weight is 278 g/mol. The van der Waals surface area contributed by atoms with Crippen LogP contribution in [0.1, 0.15) is 29.2 Å². The van der Waals surface area contributed by atoms with Crippen molar-refractivity contribution in [1.82, 2.24) is 15.1 Å². The normalized spacial score (nSPS) is 12.1. The zero-order chi connectivity index (χ0) is 14.7. The summed E-state index contributed by atoms with van der Waals surface area (Å²) in [7, 11) is 0. The molecule has 2 aromatic heterocycles. The highest BCUT2D eigenvalue weighted by Crippen LogP contribution is 2.14. The Hall–Kier alpha value is -2.77. The number of nitrogens with zero attached hydrogens (tertiary/aromatic N) is 2. The fourth-order valence-corrected chi connectivity index (χ4v) is 1.63. The van der Waals surface area contributed by atoms with Gasteiger partial charge >= 0.3 is 5.97 Å². The largest absolute Gasteiger partial charge is 0.476 e. The van der Waals surface area contributed by atoms with Crippen LogP contribution in [-0.2, 0) is 11.3 Å². The van der Waals surface area contributed by atoms with Crippen molar-refractivity contribution in [1.29, 1.82) is 0 Å². The summed E-state index contributed by atoms with van der Waals surface area (Å²) in [6.07, 6.45) is 2.83. The minimum Gasteiger partial charge on any atom is -0.476 e. The number of carbonyl (C=O) groups excluding carboxylic acids is 1. The van der Waals surface area contributed by atoms with E-state index < -0.39 is 12.0 Å². The smallest absolute Gasteiger partial charge is 0.358 e. The van der Waals surface area contributed by atoms with Gasteiger partial charge in [0.15, 0.2) is 5.69 Å². The first-order chi connectivity index (χ1) is 9.49. The number of aromatic carboxylic acids is 1. The number of carboxylic acid groups (broad SMARTS) is 1. The quantitative estimate of drug-likeness (QED) is 0.737. The fraction of sp³-hybridized carbons (Fsp3) is 0.250. The zero-order valence-electron chi connectivity index (χ0n) is 10.7. The monoisotopic (exact) mass is 278 g/mol. The number of hydrogen-bond acceptors (Lipinski definition) is 5.